The molecule has 1 unspecified atom stereocenters. The van der Waals surface area contributed by atoms with Crippen molar-refractivity contribution < 1.29 is 17.9 Å². The minimum Gasteiger partial charge on any atom is -0.495 e. The zero-order chi connectivity index (χ0) is 19.7. The molecule has 0 saturated heterocycles. The highest BCUT2D eigenvalue weighted by molar-refractivity contribution is 8.14. The molecule has 2 aromatic rings. The summed E-state index contributed by atoms with van der Waals surface area (Å²) < 4.78 is 37.9. The SMILES string of the molecule is COC1=C(n2c(NS(=O)(=O)Cl)nnc2-c2cccnc2)C(C)(OC)NC=C1. The van der Waals surface area contributed by atoms with Gasteiger partial charge in [-0.2, -0.15) is 8.42 Å². The molecule has 0 bridgehead atoms. The average Bonchev–Trinajstić information content (AvgIpc) is 3.03. The Morgan fingerprint density at radius 2 is 2.11 bits per heavy atom. The Kier molecular flexibility index (Phi) is 5.09. The minimum atomic E-state index is -4.13. The van der Waals surface area contributed by atoms with E-state index in [0.717, 1.165) is 0 Å². The molecular formula is C15H17ClN6O4S. The number of halogens is 1. The molecule has 2 N–H and O–H groups in total. The van der Waals surface area contributed by atoms with Gasteiger partial charge >= 0.3 is 9.24 Å². The molecule has 3 heterocycles. The number of methoxy groups -OCH3 is 2. The highest BCUT2D eigenvalue weighted by atomic mass is 35.7. The van der Waals surface area contributed by atoms with Crippen LogP contribution in [0.5, 0.6) is 0 Å². The summed E-state index contributed by atoms with van der Waals surface area (Å²) in [6.45, 7) is 1.75. The number of hydrogen-bond donors (Lipinski definition) is 2. The van der Waals surface area contributed by atoms with Crippen LogP contribution in [0, 0.1) is 0 Å². The van der Waals surface area contributed by atoms with Gasteiger partial charge in [0.2, 0.25) is 5.95 Å². The smallest absolute Gasteiger partial charge is 0.321 e. The molecule has 144 valence electrons. The van der Waals surface area contributed by atoms with Crippen molar-refractivity contribution in [3.63, 3.8) is 0 Å². The topological polar surface area (TPSA) is 120 Å². The summed E-state index contributed by atoms with van der Waals surface area (Å²) in [6.07, 6.45) is 6.51. The third-order valence-electron chi connectivity index (χ3n) is 3.93. The first kappa shape index (κ1) is 19.1. The van der Waals surface area contributed by atoms with Gasteiger partial charge in [-0.1, -0.05) is 0 Å². The van der Waals surface area contributed by atoms with Crippen molar-refractivity contribution in [3.05, 3.63) is 42.6 Å². The fraction of sp³-hybridized carbons (Fsp3) is 0.267. The lowest BCUT2D eigenvalue weighted by Gasteiger charge is -2.35. The maximum atomic E-state index is 11.6. The van der Waals surface area contributed by atoms with E-state index in [1.54, 1.807) is 43.7 Å². The van der Waals surface area contributed by atoms with Crippen molar-refractivity contribution in [1.29, 1.82) is 0 Å². The van der Waals surface area contributed by atoms with Gasteiger partial charge in [0.05, 0.1) is 7.11 Å². The zero-order valence-electron chi connectivity index (χ0n) is 14.7. The number of allylic oxidation sites excluding steroid dienone is 1. The van der Waals surface area contributed by atoms with E-state index in [9.17, 15) is 8.42 Å². The third-order valence-corrected chi connectivity index (χ3v) is 4.58. The minimum absolute atomic E-state index is 0.131. The second kappa shape index (κ2) is 7.18. The maximum Gasteiger partial charge on any atom is 0.321 e. The van der Waals surface area contributed by atoms with Gasteiger partial charge in [-0.25, -0.2) is 4.72 Å². The van der Waals surface area contributed by atoms with Gasteiger partial charge in [0.1, 0.15) is 11.5 Å². The van der Waals surface area contributed by atoms with Crippen molar-refractivity contribution in [2.24, 2.45) is 0 Å². The van der Waals surface area contributed by atoms with E-state index in [1.165, 1.54) is 18.8 Å². The fourth-order valence-electron chi connectivity index (χ4n) is 2.66. The fourth-order valence-corrected chi connectivity index (χ4v) is 3.21. The van der Waals surface area contributed by atoms with E-state index in [2.05, 4.69) is 25.2 Å². The van der Waals surface area contributed by atoms with E-state index >= 15 is 0 Å². The lowest BCUT2D eigenvalue weighted by molar-refractivity contribution is 0.0309. The summed E-state index contributed by atoms with van der Waals surface area (Å²) in [6, 6.07) is 3.48. The molecule has 2 aromatic heterocycles. The van der Waals surface area contributed by atoms with Gasteiger partial charge < -0.3 is 14.8 Å². The Morgan fingerprint density at radius 3 is 2.70 bits per heavy atom. The number of hydrogen-bond acceptors (Lipinski definition) is 8. The molecule has 27 heavy (non-hydrogen) atoms. The van der Waals surface area contributed by atoms with Gasteiger partial charge in [-0.05, 0) is 25.1 Å². The first-order valence-electron chi connectivity index (χ1n) is 7.66. The highest BCUT2D eigenvalue weighted by Gasteiger charge is 2.38. The van der Waals surface area contributed by atoms with Crippen molar-refractivity contribution in [2.45, 2.75) is 12.6 Å². The Morgan fingerprint density at radius 1 is 1.33 bits per heavy atom. The predicted molar refractivity (Wildman–Crippen MR) is 99.6 cm³/mol. The molecule has 1 aliphatic rings. The van der Waals surface area contributed by atoms with Gasteiger partial charge in [-0.15, -0.1) is 10.2 Å². The first-order chi connectivity index (χ1) is 12.8. The summed E-state index contributed by atoms with van der Waals surface area (Å²) in [5.41, 5.74) is -0.0611. The standard InChI is InChI=1S/C15H17ClN6O4S/c1-15(26-3)12(11(25-2)6-8-18-15)22-13(10-5-4-7-17-9-10)19-20-14(22)21-27(16,23)24/h4-9,18H,1-3H3,(H,20,21). The normalized spacial score (nSPS) is 19.7. The molecule has 12 heteroatoms. The van der Waals surface area contributed by atoms with Gasteiger partial charge in [0.25, 0.3) is 0 Å². The molecule has 0 fully saturated rings. The Labute approximate surface area is 160 Å². The predicted octanol–water partition coefficient (Wildman–Crippen LogP) is 1.53. The molecule has 0 saturated carbocycles. The number of ether oxygens (including phenoxy) is 2. The summed E-state index contributed by atoms with van der Waals surface area (Å²) in [4.78, 5) is 4.07. The lowest BCUT2D eigenvalue weighted by atomic mass is 10.1. The van der Waals surface area contributed by atoms with Crippen LogP contribution in [0.25, 0.3) is 17.1 Å². The second-order valence-corrected chi connectivity index (χ2v) is 7.89. The van der Waals surface area contributed by atoms with Crippen LogP contribution in [0.4, 0.5) is 5.95 Å². The molecule has 0 spiro atoms. The first-order valence-corrected chi connectivity index (χ1v) is 9.96. The molecule has 0 radical (unpaired) electrons. The van der Waals surface area contributed by atoms with E-state index in [-0.39, 0.29) is 5.95 Å². The summed E-state index contributed by atoms with van der Waals surface area (Å²) >= 11 is 0. The Balaban J connectivity index is 2.33. The summed E-state index contributed by atoms with van der Waals surface area (Å²) in [7, 11) is 4.22. The summed E-state index contributed by atoms with van der Waals surface area (Å²) in [5, 5.41) is 11.1. The van der Waals surface area contributed by atoms with Crippen LogP contribution in [0.3, 0.4) is 0 Å². The Bertz CT molecular complexity index is 1000. The van der Waals surface area contributed by atoms with Crippen LogP contribution in [0.15, 0.2) is 42.6 Å². The second-order valence-electron chi connectivity index (χ2n) is 5.60. The third kappa shape index (κ3) is 3.75. The maximum absolute atomic E-state index is 11.6. The van der Waals surface area contributed by atoms with Crippen molar-refractivity contribution in [3.8, 4) is 11.4 Å². The molecule has 1 atom stereocenters. The molecular weight excluding hydrogens is 396 g/mol. The van der Waals surface area contributed by atoms with Crippen molar-refractivity contribution in [1.82, 2.24) is 25.1 Å². The van der Waals surface area contributed by atoms with Crippen molar-refractivity contribution in [2.75, 3.05) is 18.9 Å². The van der Waals surface area contributed by atoms with Gasteiger partial charge in [0, 0.05) is 41.9 Å². The van der Waals surface area contributed by atoms with E-state index < -0.39 is 15.0 Å². The van der Waals surface area contributed by atoms with Gasteiger partial charge in [-0.3, -0.25) is 9.55 Å². The Hall–Kier alpha value is -2.63. The molecule has 0 amide bonds. The van der Waals surface area contributed by atoms with E-state index in [0.29, 0.717) is 22.8 Å². The highest BCUT2D eigenvalue weighted by Crippen LogP contribution is 2.36. The van der Waals surface area contributed by atoms with Crippen LogP contribution in [-0.4, -0.2) is 48.1 Å². The van der Waals surface area contributed by atoms with Crippen LogP contribution in [0.2, 0.25) is 0 Å². The number of aromatic nitrogens is 4. The van der Waals surface area contributed by atoms with E-state index in [4.69, 9.17) is 20.2 Å². The van der Waals surface area contributed by atoms with Crippen LogP contribution >= 0.6 is 10.7 Å². The molecule has 10 nitrogen and oxygen atoms in total. The number of nitrogens with zero attached hydrogens (tertiary/aromatic N) is 4. The quantitative estimate of drug-likeness (QED) is 0.685. The average molecular weight is 413 g/mol. The molecule has 3 rings (SSSR count). The summed E-state index contributed by atoms with van der Waals surface area (Å²) in [5.74, 6) is 0.600. The lowest BCUT2D eigenvalue weighted by Crippen LogP contribution is -2.46. The number of rotatable bonds is 6. The van der Waals surface area contributed by atoms with Crippen LogP contribution < -0.4 is 10.0 Å². The zero-order valence-corrected chi connectivity index (χ0v) is 16.2. The van der Waals surface area contributed by atoms with Gasteiger partial charge in [0.15, 0.2) is 11.5 Å². The number of pyridine rings is 1. The molecule has 0 aromatic carbocycles. The number of dihydropyridines is 1. The number of nitrogens with one attached hydrogen (secondary N) is 2. The van der Waals surface area contributed by atoms with Crippen LogP contribution in [-0.2, 0) is 18.7 Å². The van der Waals surface area contributed by atoms with Crippen LogP contribution in [0.1, 0.15) is 6.92 Å². The number of anilines is 1. The van der Waals surface area contributed by atoms with E-state index in [1.807, 2.05) is 0 Å². The molecule has 0 aliphatic carbocycles. The monoisotopic (exact) mass is 412 g/mol. The molecule has 1 aliphatic heterocycles. The van der Waals surface area contributed by atoms with Crippen molar-refractivity contribution >= 4 is 31.6 Å². The largest absolute Gasteiger partial charge is 0.495 e.